The number of aryl methyl sites for hydroxylation is 2. The molecule has 2 aromatic rings. The molecule has 1 aromatic heterocycles. The van der Waals surface area contributed by atoms with E-state index in [0.717, 1.165) is 16.5 Å². The molecule has 0 spiro atoms. The van der Waals surface area contributed by atoms with Gasteiger partial charge in [0, 0.05) is 17.6 Å². The Hall–Kier alpha value is -1.77. The van der Waals surface area contributed by atoms with Crippen molar-refractivity contribution in [1.29, 1.82) is 0 Å². The lowest BCUT2D eigenvalue weighted by atomic mass is 10.0. The molecule has 0 bridgehead atoms. The van der Waals surface area contributed by atoms with Crippen molar-refractivity contribution < 1.29 is 9.90 Å². The smallest absolute Gasteiger partial charge is 0.307 e. The molecule has 0 saturated carbocycles. The second-order valence-electron chi connectivity index (χ2n) is 5.20. The molecule has 0 saturated heterocycles. The van der Waals surface area contributed by atoms with Crippen LogP contribution in [0.5, 0.6) is 0 Å². The molecule has 1 N–H and O–H groups in total. The number of hydrogen-bond donors (Lipinski definition) is 1. The van der Waals surface area contributed by atoms with Gasteiger partial charge in [-0.1, -0.05) is 11.6 Å². The van der Waals surface area contributed by atoms with E-state index in [-0.39, 0.29) is 6.42 Å². The molecule has 0 unspecified atom stereocenters. The van der Waals surface area contributed by atoms with Gasteiger partial charge in [-0.15, -0.1) is 0 Å². The van der Waals surface area contributed by atoms with Crippen LogP contribution in [0.4, 0.5) is 0 Å². The number of benzene rings is 1. The van der Waals surface area contributed by atoms with Gasteiger partial charge in [-0.05, 0) is 44.9 Å². The molecule has 2 rings (SSSR count). The van der Waals surface area contributed by atoms with Gasteiger partial charge < -0.3 is 9.67 Å². The predicted molar refractivity (Wildman–Crippen MR) is 73.1 cm³/mol. The molecular weight excluding hydrogens is 226 g/mol. The quantitative estimate of drug-likeness (QED) is 0.899. The van der Waals surface area contributed by atoms with E-state index < -0.39 is 5.97 Å². The van der Waals surface area contributed by atoms with Crippen molar-refractivity contribution in [2.75, 3.05) is 0 Å². The number of nitrogens with zero attached hydrogens (tertiary/aromatic N) is 1. The summed E-state index contributed by atoms with van der Waals surface area (Å²) in [4.78, 5) is 11.0. The molecule has 0 atom stereocenters. The lowest BCUT2D eigenvalue weighted by molar-refractivity contribution is -0.136. The summed E-state index contributed by atoms with van der Waals surface area (Å²) in [5, 5.41) is 10.1. The van der Waals surface area contributed by atoms with Gasteiger partial charge in [0.25, 0.3) is 0 Å². The highest BCUT2D eigenvalue weighted by atomic mass is 16.4. The Kier molecular flexibility index (Phi) is 3.16. The number of aromatic nitrogens is 1. The summed E-state index contributed by atoms with van der Waals surface area (Å²) >= 11 is 0. The fraction of sp³-hybridized carbons (Fsp3) is 0.400. The fourth-order valence-electron chi connectivity index (χ4n) is 2.56. The van der Waals surface area contributed by atoms with Crippen LogP contribution in [-0.2, 0) is 11.2 Å². The molecule has 0 aliphatic rings. The molecule has 0 radical (unpaired) electrons. The minimum atomic E-state index is -0.781. The van der Waals surface area contributed by atoms with E-state index >= 15 is 0 Å². The highest BCUT2D eigenvalue weighted by Gasteiger charge is 2.14. The van der Waals surface area contributed by atoms with E-state index in [2.05, 4.69) is 37.5 Å². The topological polar surface area (TPSA) is 42.2 Å². The number of carbonyl (C=O) groups is 1. The van der Waals surface area contributed by atoms with Crippen LogP contribution in [0.2, 0.25) is 0 Å². The maximum absolute atomic E-state index is 11.0. The van der Waals surface area contributed by atoms with Crippen molar-refractivity contribution in [2.45, 2.75) is 40.2 Å². The molecule has 0 aliphatic carbocycles. The summed E-state index contributed by atoms with van der Waals surface area (Å²) in [5.74, 6) is -0.781. The van der Waals surface area contributed by atoms with Gasteiger partial charge in [-0.2, -0.15) is 0 Å². The Labute approximate surface area is 107 Å². The first-order valence-electron chi connectivity index (χ1n) is 6.22. The molecule has 3 heteroatoms. The molecular formula is C15H19NO2. The zero-order valence-electron chi connectivity index (χ0n) is 11.3. The third-order valence-corrected chi connectivity index (χ3v) is 3.24. The third-order valence-electron chi connectivity index (χ3n) is 3.24. The maximum Gasteiger partial charge on any atom is 0.307 e. The summed E-state index contributed by atoms with van der Waals surface area (Å²) < 4.78 is 2.17. The minimum Gasteiger partial charge on any atom is -0.481 e. The Morgan fingerprint density at radius 2 is 2.00 bits per heavy atom. The number of aliphatic carboxylic acids is 1. The van der Waals surface area contributed by atoms with Crippen molar-refractivity contribution in [1.82, 2.24) is 4.57 Å². The summed E-state index contributed by atoms with van der Waals surface area (Å²) in [6.07, 6.45) is 2.06. The van der Waals surface area contributed by atoms with Crippen molar-refractivity contribution >= 4 is 16.9 Å². The summed E-state index contributed by atoms with van der Waals surface area (Å²) in [6, 6.07) is 4.56. The number of carboxylic acid groups (broad SMARTS) is 1. The van der Waals surface area contributed by atoms with E-state index in [0.29, 0.717) is 6.04 Å². The van der Waals surface area contributed by atoms with Crippen molar-refractivity contribution in [3.05, 3.63) is 35.0 Å². The van der Waals surface area contributed by atoms with Crippen LogP contribution in [0.3, 0.4) is 0 Å². The van der Waals surface area contributed by atoms with E-state index in [1.54, 1.807) is 0 Å². The highest BCUT2D eigenvalue weighted by molar-refractivity contribution is 5.90. The lowest BCUT2D eigenvalue weighted by Gasteiger charge is -2.11. The number of hydrogen-bond acceptors (Lipinski definition) is 1. The van der Waals surface area contributed by atoms with Gasteiger partial charge in [-0.25, -0.2) is 0 Å². The Bertz CT molecular complexity index is 608. The first-order chi connectivity index (χ1) is 8.40. The van der Waals surface area contributed by atoms with Crippen molar-refractivity contribution in [3.8, 4) is 0 Å². The van der Waals surface area contributed by atoms with Crippen molar-refractivity contribution in [2.24, 2.45) is 0 Å². The predicted octanol–water partition coefficient (Wildman–Crippen LogP) is 3.47. The summed E-state index contributed by atoms with van der Waals surface area (Å²) in [6.45, 7) is 8.36. The maximum atomic E-state index is 11.0. The van der Waals surface area contributed by atoms with Crippen LogP contribution < -0.4 is 0 Å². The Morgan fingerprint density at radius 1 is 1.33 bits per heavy atom. The Morgan fingerprint density at radius 3 is 2.56 bits per heavy atom. The lowest BCUT2D eigenvalue weighted by Crippen LogP contribution is -2.00. The zero-order valence-corrected chi connectivity index (χ0v) is 11.3. The average molecular weight is 245 g/mol. The van der Waals surface area contributed by atoms with E-state index in [4.69, 9.17) is 5.11 Å². The number of carboxylic acids is 1. The largest absolute Gasteiger partial charge is 0.481 e. The van der Waals surface area contributed by atoms with E-state index in [1.165, 1.54) is 11.1 Å². The van der Waals surface area contributed by atoms with Gasteiger partial charge in [0.1, 0.15) is 0 Å². The first-order valence-corrected chi connectivity index (χ1v) is 6.22. The van der Waals surface area contributed by atoms with Gasteiger partial charge in [0.05, 0.1) is 11.9 Å². The minimum absolute atomic E-state index is 0.0825. The molecule has 0 aliphatic heterocycles. The van der Waals surface area contributed by atoms with E-state index in [1.807, 2.05) is 13.1 Å². The fourth-order valence-corrected chi connectivity index (χ4v) is 2.56. The number of rotatable bonds is 3. The second kappa shape index (κ2) is 4.48. The van der Waals surface area contributed by atoms with E-state index in [9.17, 15) is 4.79 Å². The standard InChI is InChI=1S/C15H19NO2/c1-9(2)16-8-12(7-14(17)18)13-6-10(3)5-11(4)15(13)16/h5-6,8-9H,7H2,1-4H3,(H,17,18). The third kappa shape index (κ3) is 2.13. The molecule has 0 fully saturated rings. The van der Waals surface area contributed by atoms with Gasteiger partial charge in [0.2, 0.25) is 0 Å². The van der Waals surface area contributed by atoms with Crippen LogP contribution in [0, 0.1) is 13.8 Å². The molecule has 1 aromatic carbocycles. The highest BCUT2D eigenvalue weighted by Crippen LogP contribution is 2.29. The molecule has 3 nitrogen and oxygen atoms in total. The zero-order chi connectivity index (χ0) is 13.4. The summed E-state index contributed by atoms with van der Waals surface area (Å²) in [7, 11) is 0. The SMILES string of the molecule is Cc1cc(C)c2c(c1)c(CC(=O)O)cn2C(C)C. The molecule has 1 heterocycles. The monoisotopic (exact) mass is 245 g/mol. The van der Waals surface area contributed by atoms with Crippen LogP contribution >= 0.6 is 0 Å². The molecule has 0 amide bonds. The Balaban J connectivity index is 2.76. The van der Waals surface area contributed by atoms with Gasteiger partial charge >= 0.3 is 5.97 Å². The second-order valence-corrected chi connectivity index (χ2v) is 5.20. The molecule has 96 valence electrons. The van der Waals surface area contributed by atoms with Crippen molar-refractivity contribution in [3.63, 3.8) is 0 Å². The normalized spacial score (nSPS) is 11.4. The van der Waals surface area contributed by atoms with Crippen LogP contribution in [0.15, 0.2) is 18.3 Å². The van der Waals surface area contributed by atoms with Crippen LogP contribution in [0.25, 0.3) is 10.9 Å². The van der Waals surface area contributed by atoms with Gasteiger partial charge in [-0.3, -0.25) is 4.79 Å². The molecule has 18 heavy (non-hydrogen) atoms. The average Bonchev–Trinajstić information content (AvgIpc) is 2.56. The van der Waals surface area contributed by atoms with Crippen LogP contribution in [0.1, 0.15) is 36.6 Å². The first kappa shape index (κ1) is 12.7. The number of fused-ring (bicyclic) bond motifs is 1. The van der Waals surface area contributed by atoms with Crippen LogP contribution in [-0.4, -0.2) is 15.6 Å². The summed E-state index contributed by atoms with van der Waals surface area (Å²) in [5.41, 5.74) is 4.44. The van der Waals surface area contributed by atoms with Gasteiger partial charge in [0.15, 0.2) is 0 Å².